The molecule has 0 amide bonds. The second-order valence-electron chi connectivity index (χ2n) is 11.7. The van der Waals surface area contributed by atoms with E-state index in [1.54, 1.807) is 24.3 Å². The molecule has 2 aliphatic carbocycles. The number of fused-ring (bicyclic) bond motifs is 1. The molecule has 1 heterocycles. The number of thiophene rings is 1. The van der Waals surface area contributed by atoms with Crippen LogP contribution in [0.1, 0.15) is 102 Å². The Morgan fingerprint density at radius 2 is 1.37 bits per heavy atom. The average Bonchev–Trinajstić information content (AvgIpc) is 3.37. The first-order valence-electron chi connectivity index (χ1n) is 14.8. The van der Waals surface area contributed by atoms with Crippen LogP contribution in [0.25, 0.3) is 20.5 Å². The standard InChI is InChI=1S/C33H41F3OS/c1-3-5-21-7-9-23(10-8-21)20-37-28-18-15-25-19-29(38-33(25)32(28)36)27-17-16-26(30(34)31(27)35)24-13-11-22(6-4-2)12-14-24/h15-19,21-24H,3-14,20H2,1-2H3. The van der Waals surface area contributed by atoms with E-state index in [-0.39, 0.29) is 17.2 Å². The maximum atomic E-state index is 15.4. The number of hydrogen-bond donors (Lipinski definition) is 0. The number of ether oxygens (including phenoxy) is 1. The van der Waals surface area contributed by atoms with Gasteiger partial charge in [-0.3, -0.25) is 0 Å². The Hall–Kier alpha value is -2.01. The summed E-state index contributed by atoms with van der Waals surface area (Å²) in [7, 11) is 0. The highest BCUT2D eigenvalue weighted by molar-refractivity contribution is 7.22. The fourth-order valence-electron chi connectivity index (χ4n) is 6.84. The molecule has 0 N–H and O–H groups in total. The van der Waals surface area contributed by atoms with Gasteiger partial charge in [-0.1, -0.05) is 64.5 Å². The van der Waals surface area contributed by atoms with Crippen LogP contribution in [-0.4, -0.2) is 6.61 Å². The Morgan fingerprint density at radius 3 is 2.03 bits per heavy atom. The molecule has 1 nitrogen and oxygen atoms in total. The van der Waals surface area contributed by atoms with Crippen molar-refractivity contribution in [2.45, 2.75) is 96.8 Å². The van der Waals surface area contributed by atoms with Crippen LogP contribution in [0, 0.1) is 35.2 Å². The lowest BCUT2D eigenvalue weighted by atomic mass is 9.77. The molecule has 2 aliphatic rings. The summed E-state index contributed by atoms with van der Waals surface area (Å²) >= 11 is 1.17. The quantitative estimate of drug-likeness (QED) is 0.261. The van der Waals surface area contributed by atoms with Crippen molar-refractivity contribution in [2.75, 3.05) is 6.61 Å². The first-order chi connectivity index (χ1) is 18.5. The summed E-state index contributed by atoms with van der Waals surface area (Å²) in [6, 6.07) is 8.69. The molecule has 38 heavy (non-hydrogen) atoms. The normalized spacial score (nSPS) is 24.1. The molecule has 0 spiro atoms. The van der Waals surface area contributed by atoms with Crippen molar-refractivity contribution in [3.63, 3.8) is 0 Å². The molecule has 2 aromatic carbocycles. The van der Waals surface area contributed by atoms with Gasteiger partial charge in [-0.15, -0.1) is 11.3 Å². The maximum absolute atomic E-state index is 15.4. The first kappa shape index (κ1) is 27.6. The van der Waals surface area contributed by atoms with Crippen molar-refractivity contribution >= 4 is 21.4 Å². The minimum absolute atomic E-state index is 0.0768. The predicted molar refractivity (Wildman–Crippen MR) is 153 cm³/mol. The number of hydrogen-bond acceptors (Lipinski definition) is 2. The van der Waals surface area contributed by atoms with Crippen LogP contribution in [-0.2, 0) is 0 Å². The number of rotatable bonds is 9. The third kappa shape index (κ3) is 5.93. The molecule has 5 rings (SSSR count). The molecule has 0 atom stereocenters. The summed E-state index contributed by atoms with van der Waals surface area (Å²) in [6.07, 6.45) is 13.7. The van der Waals surface area contributed by atoms with Gasteiger partial charge in [-0.2, -0.15) is 0 Å². The maximum Gasteiger partial charge on any atom is 0.182 e. The fourth-order valence-corrected chi connectivity index (χ4v) is 7.95. The van der Waals surface area contributed by atoms with Gasteiger partial charge in [0.1, 0.15) is 0 Å². The first-order valence-corrected chi connectivity index (χ1v) is 15.6. The molecule has 5 heteroatoms. The van der Waals surface area contributed by atoms with E-state index >= 15 is 13.2 Å². The second kappa shape index (κ2) is 12.4. The molecule has 0 saturated heterocycles. The highest BCUT2D eigenvalue weighted by atomic mass is 32.1. The highest BCUT2D eigenvalue weighted by Gasteiger charge is 2.27. The summed E-state index contributed by atoms with van der Waals surface area (Å²) in [6.45, 7) is 4.97. The van der Waals surface area contributed by atoms with Crippen LogP contribution in [0.2, 0.25) is 0 Å². The molecule has 3 aromatic rings. The van der Waals surface area contributed by atoms with Crippen molar-refractivity contribution < 1.29 is 17.9 Å². The zero-order valence-electron chi connectivity index (χ0n) is 22.8. The smallest absolute Gasteiger partial charge is 0.182 e. The van der Waals surface area contributed by atoms with Gasteiger partial charge in [0, 0.05) is 10.4 Å². The summed E-state index contributed by atoms with van der Waals surface area (Å²) < 4.78 is 52.4. The molecular formula is C33H41F3OS. The van der Waals surface area contributed by atoms with Gasteiger partial charge in [0.05, 0.1) is 11.3 Å². The summed E-state index contributed by atoms with van der Waals surface area (Å²) in [5.74, 6) is 0.377. The van der Waals surface area contributed by atoms with E-state index in [4.69, 9.17) is 4.74 Å². The van der Waals surface area contributed by atoms with E-state index in [2.05, 4.69) is 13.8 Å². The summed E-state index contributed by atoms with van der Waals surface area (Å²) in [4.78, 5) is 0.542. The van der Waals surface area contributed by atoms with Crippen molar-refractivity contribution in [3.8, 4) is 16.2 Å². The average molecular weight is 543 g/mol. The Morgan fingerprint density at radius 1 is 0.737 bits per heavy atom. The topological polar surface area (TPSA) is 9.23 Å². The summed E-state index contributed by atoms with van der Waals surface area (Å²) in [5, 5.41) is 0.688. The lowest BCUT2D eigenvalue weighted by molar-refractivity contribution is 0.175. The van der Waals surface area contributed by atoms with Gasteiger partial charge in [-0.05, 0) is 91.3 Å². The molecule has 0 radical (unpaired) electrons. The van der Waals surface area contributed by atoms with E-state index < -0.39 is 17.5 Å². The van der Waals surface area contributed by atoms with Gasteiger partial charge < -0.3 is 4.74 Å². The molecular weight excluding hydrogens is 501 g/mol. The third-order valence-electron chi connectivity index (χ3n) is 9.09. The lowest BCUT2D eigenvalue weighted by Crippen LogP contribution is -2.20. The molecule has 0 aliphatic heterocycles. The molecule has 0 unspecified atom stereocenters. The van der Waals surface area contributed by atoms with Crippen LogP contribution in [0.5, 0.6) is 5.75 Å². The predicted octanol–water partition coefficient (Wildman–Crippen LogP) is 11.0. The monoisotopic (exact) mass is 542 g/mol. The third-order valence-corrected chi connectivity index (χ3v) is 10.3. The van der Waals surface area contributed by atoms with Crippen LogP contribution in [0.3, 0.4) is 0 Å². The molecule has 0 bridgehead atoms. The fraction of sp³-hybridized carbons (Fsp3) is 0.576. The van der Waals surface area contributed by atoms with Crippen molar-refractivity contribution in [1.82, 2.24) is 0 Å². The van der Waals surface area contributed by atoms with E-state index in [9.17, 15) is 0 Å². The zero-order valence-corrected chi connectivity index (χ0v) is 23.7. The minimum Gasteiger partial charge on any atom is -0.490 e. The van der Waals surface area contributed by atoms with Gasteiger partial charge in [0.15, 0.2) is 23.2 Å². The Balaban J connectivity index is 1.29. The minimum atomic E-state index is -0.819. The van der Waals surface area contributed by atoms with E-state index in [1.807, 2.05) is 6.07 Å². The SMILES string of the molecule is CCCC1CCC(COc2ccc3cc(-c4ccc(C5CCC(CCC)CC5)c(F)c4F)sc3c2F)CC1. The summed E-state index contributed by atoms with van der Waals surface area (Å²) in [5.41, 5.74) is 0.700. The zero-order chi connectivity index (χ0) is 26.6. The van der Waals surface area contributed by atoms with Crippen molar-refractivity contribution in [3.05, 3.63) is 53.3 Å². The van der Waals surface area contributed by atoms with Gasteiger partial charge in [0.25, 0.3) is 0 Å². The second-order valence-corrected chi connectivity index (χ2v) is 12.8. The lowest BCUT2D eigenvalue weighted by Gasteiger charge is -2.29. The van der Waals surface area contributed by atoms with Gasteiger partial charge in [0.2, 0.25) is 0 Å². The van der Waals surface area contributed by atoms with Crippen molar-refractivity contribution in [2.24, 2.45) is 17.8 Å². The Kier molecular flexibility index (Phi) is 9.02. The molecule has 206 valence electrons. The highest BCUT2D eigenvalue weighted by Crippen LogP contribution is 2.43. The van der Waals surface area contributed by atoms with E-state index in [0.717, 1.165) is 44.4 Å². The number of benzene rings is 2. The van der Waals surface area contributed by atoms with Crippen LogP contribution in [0.15, 0.2) is 30.3 Å². The van der Waals surface area contributed by atoms with Crippen LogP contribution < -0.4 is 4.74 Å². The van der Waals surface area contributed by atoms with Crippen LogP contribution >= 0.6 is 11.3 Å². The molecule has 2 saturated carbocycles. The van der Waals surface area contributed by atoms with Gasteiger partial charge in [-0.25, -0.2) is 13.2 Å². The Bertz CT molecular complexity index is 1220. The number of halogens is 3. The molecule has 2 fully saturated rings. The molecule has 1 aromatic heterocycles. The van der Waals surface area contributed by atoms with Crippen LogP contribution in [0.4, 0.5) is 13.2 Å². The van der Waals surface area contributed by atoms with Gasteiger partial charge >= 0.3 is 0 Å². The van der Waals surface area contributed by atoms with E-state index in [0.29, 0.717) is 39.0 Å². The van der Waals surface area contributed by atoms with E-state index in [1.165, 1.54) is 49.9 Å². The largest absolute Gasteiger partial charge is 0.490 e. The Labute approximate surface area is 229 Å². The van der Waals surface area contributed by atoms with Crippen molar-refractivity contribution in [1.29, 1.82) is 0 Å².